The van der Waals surface area contributed by atoms with Gasteiger partial charge in [-0.2, -0.15) is 0 Å². The smallest absolute Gasteiger partial charge is 0.313 e. The normalized spacial score (nSPS) is 14.0. The van der Waals surface area contributed by atoms with Gasteiger partial charge in [-0.05, 0) is 29.7 Å². The van der Waals surface area contributed by atoms with E-state index in [4.69, 9.17) is 20.6 Å². The average Bonchev–Trinajstić information content (AvgIpc) is 2.68. The van der Waals surface area contributed by atoms with E-state index in [0.717, 1.165) is 35.3 Å². The number of amidine groups is 1. The molecule has 1 aromatic heterocycles. The van der Waals surface area contributed by atoms with E-state index in [-0.39, 0.29) is 18.9 Å². The molecule has 2 heterocycles. The van der Waals surface area contributed by atoms with E-state index in [0.29, 0.717) is 19.2 Å². The summed E-state index contributed by atoms with van der Waals surface area (Å²) in [4.78, 5) is 22.6. The summed E-state index contributed by atoms with van der Waals surface area (Å²) in [5, 5.41) is 7.13. The van der Waals surface area contributed by atoms with Crippen molar-refractivity contribution in [3.63, 3.8) is 0 Å². The number of aromatic nitrogens is 2. The van der Waals surface area contributed by atoms with Gasteiger partial charge in [0.25, 0.3) is 0 Å². The fourth-order valence-corrected chi connectivity index (χ4v) is 2.83. The van der Waals surface area contributed by atoms with Gasteiger partial charge < -0.3 is 20.1 Å². The fraction of sp³-hybridized carbons (Fsp3) is 0.368. The summed E-state index contributed by atoms with van der Waals surface area (Å²) in [5.41, 5.74) is 9.03. The third-order valence-electron chi connectivity index (χ3n) is 4.28. The van der Waals surface area contributed by atoms with Crippen LogP contribution in [0.25, 0.3) is 11.1 Å². The van der Waals surface area contributed by atoms with Crippen LogP contribution >= 0.6 is 0 Å². The molecule has 142 valence electrons. The number of nitrogens with zero attached hydrogens (tertiary/aromatic N) is 3. The molecule has 0 spiro atoms. The molecule has 0 bridgehead atoms. The molecule has 1 aromatic carbocycles. The van der Waals surface area contributed by atoms with Crippen LogP contribution < -0.4 is 10.6 Å². The van der Waals surface area contributed by atoms with Gasteiger partial charge in [0.2, 0.25) is 5.95 Å². The predicted molar refractivity (Wildman–Crippen MR) is 102 cm³/mol. The third-order valence-corrected chi connectivity index (χ3v) is 4.28. The Bertz CT molecular complexity index is 817. The van der Waals surface area contributed by atoms with E-state index in [1.165, 1.54) is 0 Å². The van der Waals surface area contributed by atoms with Gasteiger partial charge in [-0.3, -0.25) is 10.2 Å². The second-order valence-corrected chi connectivity index (χ2v) is 6.38. The molecule has 8 heteroatoms. The summed E-state index contributed by atoms with van der Waals surface area (Å²) in [5.74, 6) is -0.0149. The molecule has 27 heavy (non-hydrogen) atoms. The molecule has 0 amide bonds. The second-order valence-electron chi connectivity index (χ2n) is 6.38. The van der Waals surface area contributed by atoms with Gasteiger partial charge in [0.15, 0.2) is 0 Å². The Morgan fingerprint density at radius 2 is 2.00 bits per heavy atom. The number of hydrogen-bond donors (Lipinski definition) is 2. The summed E-state index contributed by atoms with van der Waals surface area (Å²) in [6, 6.07) is 5.84. The van der Waals surface area contributed by atoms with Crippen molar-refractivity contribution in [2.24, 2.45) is 5.73 Å². The average molecular weight is 369 g/mol. The first-order valence-corrected chi connectivity index (χ1v) is 8.76. The number of hydrogen-bond acceptors (Lipinski definition) is 7. The molecule has 8 nitrogen and oxygen atoms in total. The highest BCUT2D eigenvalue weighted by Gasteiger charge is 2.14. The Kier molecular flexibility index (Phi) is 5.97. The highest BCUT2D eigenvalue weighted by Crippen LogP contribution is 2.25. The molecule has 1 saturated heterocycles. The number of nitrogens with two attached hydrogens (primary N) is 1. The molecule has 0 atom stereocenters. The minimum absolute atomic E-state index is 0.131. The number of carbonyl (C=O) groups excluding carboxylic acids is 1. The van der Waals surface area contributed by atoms with Crippen LogP contribution in [0.15, 0.2) is 30.6 Å². The van der Waals surface area contributed by atoms with Gasteiger partial charge in [0, 0.05) is 31.0 Å². The maximum absolute atomic E-state index is 11.6. The molecule has 1 aliphatic heterocycles. The number of ether oxygens (including phenoxy) is 2. The molecule has 0 aliphatic carbocycles. The number of rotatable bonds is 6. The Labute approximate surface area is 157 Å². The Morgan fingerprint density at radius 1 is 1.30 bits per heavy atom. The molecule has 1 aliphatic rings. The predicted octanol–water partition coefficient (Wildman–Crippen LogP) is 1.66. The van der Waals surface area contributed by atoms with Crippen molar-refractivity contribution in [3.05, 3.63) is 41.7 Å². The van der Waals surface area contributed by atoms with Crippen LogP contribution in [-0.2, 0) is 20.9 Å². The SMILES string of the molecule is Cc1ccc(COC(=O)CC(=N)N)cc1-c1cnc(N2CCOCC2)nc1. The minimum Gasteiger partial charge on any atom is -0.460 e. The highest BCUT2D eigenvalue weighted by molar-refractivity contribution is 5.94. The van der Waals surface area contributed by atoms with Gasteiger partial charge in [0.1, 0.15) is 18.9 Å². The fourth-order valence-electron chi connectivity index (χ4n) is 2.83. The summed E-state index contributed by atoms with van der Waals surface area (Å²) in [7, 11) is 0. The molecule has 3 N–H and O–H groups in total. The lowest BCUT2D eigenvalue weighted by molar-refractivity contribution is -0.143. The Hall–Kier alpha value is -3.00. The number of aryl methyl sites for hydroxylation is 1. The number of morpholine rings is 1. The highest BCUT2D eigenvalue weighted by atomic mass is 16.5. The lowest BCUT2D eigenvalue weighted by Gasteiger charge is -2.26. The maximum Gasteiger partial charge on any atom is 0.313 e. The van der Waals surface area contributed by atoms with E-state index in [2.05, 4.69) is 14.9 Å². The minimum atomic E-state index is -0.511. The zero-order valence-corrected chi connectivity index (χ0v) is 15.3. The number of benzene rings is 1. The lowest BCUT2D eigenvalue weighted by atomic mass is 10.0. The van der Waals surface area contributed by atoms with E-state index in [9.17, 15) is 4.79 Å². The third kappa shape index (κ3) is 5.01. The molecular formula is C19H23N5O3. The molecule has 0 unspecified atom stereocenters. The standard InChI is InChI=1S/C19H23N5O3/c1-13-2-3-14(12-27-18(25)9-17(20)21)8-16(13)15-10-22-19(23-11-15)24-4-6-26-7-5-24/h2-3,8,10-11H,4-7,9,12H2,1H3,(H3,20,21). The maximum atomic E-state index is 11.6. The van der Waals surface area contributed by atoms with Gasteiger partial charge in [-0.15, -0.1) is 0 Å². The van der Waals surface area contributed by atoms with Gasteiger partial charge in [-0.1, -0.05) is 12.1 Å². The van der Waals surface area contributed by atoms with Crippen molar-refractivity contribution < 1.29 is 14.3 Å². The number of nitrogens with one attached hydrogen (secondary N) is 1. The molecule has 1 fully saturated rings. The van der Waals surface area contributed by atoms with Crippen LogP contribution in [-0.4, -0.2) is 48.1 Å². The number of esters is 1. The quantitative estimate of drug-likeness (QED) is 0.452. The topological polar surface area (TPSA) is 114 Å². The monoisotopic (exact) mass is 369 g/mol. The van der Waals surface area contributed by atoms with Crippen molar-refractivity contribution in [2.75, 3.05) is 31.2 Å². The van der Waals surface area contributed by atoms with Crippen LogP contribution in [0.2, 0.25) is 0 Å². The summed E-state index contributed by atoms with van der Waals surface area (Å²) in [6.07, 6.45) is 3.42. The van der Waals surface area contributed by atoms with Crippen LogP contribution in [0.5, 0.6) is 0 Å². The van der Waals surface area contributed by atoms with Crippen molar-refractivity contribution in [2.45, 2.75) is 20.0 Å². The van der Waals surface area contributed by atoms with Crippen molar-refractivity contribution >= 4 is 17.8 Å². The van der Waals surface area contributed by atoms with Crippen molar-refractivity contribution in [3.8, 4) is 11.1 Å². The van der Waals surface area contributed by atoms with E-state index in [1.807, 2.05) is 37.5 Å². The van der Waals surface area contributed by atoms with Crippen LogP contribution in [0.4, 0.5) is 5.95 Å². The van der Waals surface area contributed by atoms with E-state index >= 15 is 0 Å². The summed E-state index contributed by atoms with van der Waals surface area (Å²) < 4.78 is 10.5. The van der Waals surface area contributed by atoms with Crippen LogP contribution in [0.1, 0.15) is 17.5 Å². The second kappa shape index (κ2) is 8.59. The first-order chi connectivity index (χ1) is 13.0. The van der Waals surface area contributed by atoms with Gasteiger partial charge >= 0.3 is 5.97 Å². The number of anilines is 1. The van der Waals surface area contributed by atoms with Gasteiger partial charge in [-0.25, -0.2) is 9.97 Å². The zero-order valence-electron chi connectivity index (χ0n) is 15.3. The summed E-state index contributed by atoms with van der Waals surface area (Å²) in [6.45, 7) is 5.10. The van der Waals surface area contributed by atoms with E-state index < -0.39 is 5.97 Å². The summed E-state index contributed by atoms with van der Waals surface area (Å²) >= 11 is 0. The molecule has 3 rings (SSSR count). The lowest BCUT2D eigenvalue weighted by Crippen LogP contribution is -2.37. The molecule has 0 radical (unpaired) electrons. The Morgan fingerprint density at radius 3 is 2.67 bits per heavy atom. The first-order valence-electron chi connectivity index (χ1n) is 8.76. The Balaban J connectivity index is 1.71. The zero-order chi connectivity index (χ0) is 19.2. The van der Waals surface area contributed by atoms with Crippen molar-refractivity contribution in [1.82, 2.24) is 9.97 Å². The van der Waals surface area contributed by atoms with Gasteiger partial charge in [0.05, 0.1) is 13.2 Å². The van der Waals surface area contributed by atoms with E-state index in [1.54, 1.807) is 0 Å². The largest absolute Gasteiger partial charge is 0.460 e. The molecular weight excluding hydrogens is 346 g/mol. The molecule has 2 aromatic rings. The van der Waals surface area contributed by atoms with Crippen molar-refractivity contribution in [1.29, 1.82) is 5.41 Å². The van der Waals surface area contributed by atoms with Crippen LogP contribution in [0, 0.1) is 12.3 Å². The van der Waals surface area contributed by atoms with Crippen LogP contribution in [0.3, 0.4) is 0 Å². The number of carbonyl (C=O) groups is 1. The molecule has 0 saturated carbocycles. The first kappa shape index (κ1) is 18.8.